The Morgan fingerprint density at radius 3 is 2.38 bits per heavy atom. The quantitative estimate of drug-likeness (QED) is 0.553. The lowest BCUT2D eigenvalue weighted by atomic mass is 10.1. The fourth-order valence-electron chi connectivity index (χ4n) is 1.13. The number of carboxylic acid groups (broad SMARTS) is 1. The number of hydrogen-bond acceptors (Lipinski definition) is 2. The van der Waals surface area contributed by atoms with Gasteiger partial charge < -0.3 is 15.3 Å². The number of rotatable bonds is 5. The first kappa shape index (κ1) is 14.5. The van der Waals surface area contributed by atoms with Crippen molar-refractivity contribution in [1.29, 1.82) is 0 Å². The fraction of sp³-hybridized carbons (Fsp3) is 0.636. The van der Waals surface area contributed by atoms with Crippen LogP contribution in [0.25, 0.3) is 0 Å². The van der Waals surface area contributed by atoms with Crippen LogP contribution >= 0.6 is 0 Å². The van der Waals surface area contributed by atoms with Gasteiger partial charge in [0, 0.05) is 12.1 Å². The highest BCUT2D eigenvalue weighted by Crippen LogP contribution is 2.12. The molecule has 0 unspecified atom stereocenters. The van der Waals surface area contributed by atoms with Gasteiger partial charge in [0.1, 0.15) is 6.54 Å². The zero-order valence-corrected chi connectivity index (χ0v) is 10.1. The Bertz CT molecular complexity index is 269. The van der Waals surface area contributed by atoms with E-state index in [0.29, 0.717) is 13.0 Å². The minimum Gasteiger partial charge on any atom is -0.480 e. The molecular formula is C11H20N2O3. The van der Waals surface area contributed by atoms with Gasteiger partial charge in [0.25, 0.3) is 0 Å². The number of carbonyl (C=O) groups is 2. The zero-order valence-electron chi connectivity index (χ0n) is 10.1. The molecule has 0 aliphatic heterocycles. The molecule has 0 aliphatic rings. The van der Waals surface area contributed by atoms with E-state index in [0.717, 1.165) is 0 Å². The molecule has 0 rings (SSSR count). The van der Waals surface area contributed by atoms with E-state index in [2.05, 4.69) is 11.9 Å². The summed E-state index contributed by atoms with van der Waals surface area (Å²) in [6.07, 6.45) is 2.36. The molecule has 16 heavy (non-hydrogen) atoms. The lowest BCUT2D eigenvalue weighted by Gasteiger charge is -2.34. The van der Waals surface area contributed by atoms with Crippen LogP contribution < -0.4 is 5.32 Å². The molecule has 0 aromatic heterocycles. The Balaban J connectivity index is 4.45. The molecule has 0 saturated carbocycles. The molecule has 0 spiro atoms. The van der Waals surface area contributed by atoms with Gasteiger partial charge in [-0.2, -0.15) is 0 Å². The van der Waals surface area contributed by atoms with Crippen molar-refractivity contribution in [2.45, 2.75) is 32.7 Å². The molecule has 0 radical (unpaired) electrons. The van der Waals surface area contributed by atoms with Gasteiger partial charge >= 0.3 is 12.0 Å². The SMILES string of the molecule is C=CCCNC(=O)N(CC(=O)O)C(C)(C)C. The van der Waals surface area contributed by atoms with Gasteiger partial charge in [-0.1, -0.05) is 6.08 Å². The summed E-state index contributed by atoms with van der Waals surface area (Å²) in [7, 11) is 0. The molecule has 0 aromatic rings. The third kappa shape index (κ3) is 5.38. The Hall–Kier alpha value is -1.52. The second kappa shape index (κ2) is 6.15. The number of nitrogens with one attached hydrogen (secondary N) is 1. The second-order valence-electron chi connectivity index (χ2n) is 4.46. The Morgan fingerprint density at radius 1 is 1.44 bits per heavy atom. The molecule has 2 amide bonds. The van der Waals surface area contributed by atoms with Crippen LogP contribution in [-0.2, 0) is 4.79 Å². The molecule has 0 saturated heterocycles. The molecular weight excluding hydrogens is 208 g/mol. The molecule has 0 aliphatic carbocycles. The van der Waals surface area contributed by atoms with E-state index in [-0.39, 0.29) is 12.6 Å². The Labute approximate surface area is 96.1 Å². The van der Waals surface area contributed by atoms with Crippen LogP contribution in [0.1, 0.15) is 27.2 Å². The van der Waals surface area contributed by atoms with Crippen LogP contribution in [0.5, 0.6) is 0 Å². The van der Waals surface area contributed by atoms with Crippen molar-refractivity contribution >= 4 is 12.0 Å². The zero-order chi connectivity index (χ0) is 12.8. The number of amides is 2. The number of carboxylic acids is 1. The van der Waals surface area contributed by atoms with Crippen molar-refractivity contribution in [2.75, 3.05) is 13.1 Å². The third-order valence-corrected chi connectivity index (χ3v) is 1.97. The van der Waals surface area contributed by atoms with Gasteiger partial charge in [0.15, 0.2) is 0 Å². The lowest BCUT2D eigenvalue weighted by Crippen LogP contribution is -2.52. The highest BCUT2D eigenvalue weighted by Gasteiger charge is 2.27. The van der Waals surface area contributed by atoms with Gasteiger partial charge in [-0.25, -0.2) is 4.79 Å². The first-order valence-electron chi connectivity index (χ1n) is 5.17. The summed E-state index contributed by atoms with van der Waals surface area (Å²) in [6.45, 7) is 9.09. The molecule has 5 heteroatoms. The van der Waals surface area contributed by atoms with Crippen LogP contribution in [0, 0.1) is 0 Å². The number of urea groups is 1. The Morgan fingerprint density at radius 2 is 2.00 bits per heavy atom. The van der Waals surface area contributed by atoms with Crippen LogP contribution in [0.2, 0.25) is 0 Å². The summed E-state index contributed by atoms with van der Waals surface area (Å²) in [5, 5.41) is 11.4. The number of nitrogens with zero attached hydrogens (tertiary/aromatic N) is 1. The van der Waals surface area contributed by atoms with E-state index < -0.39 is 11.5 Å². The summed E-state index contributed by atoms with van der Waals surface area (Å²) >= 11 is 0. The summed E-state index contributed by atoms with van der Waals surface area (Å²) in [4.78, 5) is 23.7. The Kier molecular flexibility index (Phi) is 5.56. The molecule has 0 atom stereocenters. The summed E-state index contributed by atoms with van der Waals surface area (Å²) in [5.74, 6) is -1.02. The smallest absolute Gasteiger partial charge is 0.323 e. The van der Waals surface area contributed by atoms with Gasteiger partial charge in [0.05, 0.1) is 0 Å². The summed E-state index contributed by atoms with van der Waals surface area (Å²) in [5.41, 5.74) is -0.517. The molecule has 0 fully saturated rings. The highest BCUT2D eigenvalue weighted by molar-refractivity contribution is 5.80. The van der Waals surface area contributed by atoms with Crippen LogP contribution in [0.4, 0.5) is 4.79 Å². The monoisotopic (exact) mass is 228 g/mol. The number of carbonyl (C=O) groups excluding carboxylic acids is 1. The largest absolute Gasteiger partial charge is 0.480 e. The predicted octanol–water partition coefficient (Wildman–Crippen LogP) is 1.46. The van der Waals surface area contributed by atoms with Gasteiger partial charge in [-0.15, -0.1) is 6.58 Å². The van der Waals surface area contributed by atoms with E-state index >= 15 is 0 Å². The van der Waals surface area contributed by atoms with Crippen molar-refractivity contribution in [3.8, 4) is 0 Å². The molecule has 2 N–H and O–H groups in total. The maximum Gasteiger partial charge on any atom is 0.323 e. The lowest BCUT2D eigenvalue weighted by molar-refractivity contribution is -0.138. The average molecular weight is 228 g/mol. The maximum absolute atomic E-state index is 11.7. The van der Waals surface area contributed by atoms with Gasteiger partial charge in [-0.3, -0.25) is 4.79 Å². The van der Waals surface area contributed by atoms with Crippen molar-refractivity contribution in [3.05, 3.63) is 12.7 Å². The average Bonchev–Trinajstić information content (AvgIpc) is 2.12. The summed E-state index contributed by atoms with van der Waals surface area (Å²) in [6, 6.07) is -0.364. The predicted molar refractivity (Wildman–Crippen MR) is 62.3 cm³/mol. The minimum absolute atomic E-state index is 0.302. The van der Waals surface area contributed by atoms with Crippen molar-refractivity contribution in [2.24, 2.45) is 0 Å². The first-order valence-corrected chi connectivity index (χ1v) is 5.17. The molecule has 0 aromatic carbocycles. The van der Waals surface area contributed by atoms with Crippen molar-refractivity contribution in [1.82, 2.24) is 10.2 Å². The molecule has 0 bridgehead atoms. The normalized spacial score (nSPS) is 10.7. The highest BCUT2D eigenvalue weighted by atomic mass is 16.4. The maximum atomic E-state index is 11.7. The van der Waals surface area contributed by atoms with E-state index in [1.54, 1.807) is 26.8 Å². The van der Waals surface area contributed by atoms with Crippen molar-refractivity contribution in [3.63, 3.8) is 0 Å². The van der Waals surface area contributed by atoms with Crippen LogP contribution in [0.15, 0.2) is 12.7 Å². The van der Waals surface area contributed by atoms with E-state index in [9.17, 15) is 9.59 Å². The van der Waals surface area contributed by atoms with Crippen LogP contribution in [0.3, 0.4) is 0 Å². The molecule has 5 nitrogen and oxygen atoms in total. The third-order valence-electron chi connectivity index (χ3n) is 1.97. The minimum atomic E-state index is -1.02. The van der Waals surface area contributed by atoms with Crippen LogP contribution in [-0.4, -0.2) is 40.6 Å². The standard InChI is InChI=1S/C11H20N2O3/c1-5-6-7-12-10(16)13(8-9(14)15)11(2,3)4/h5H,1,6-8H2,2-4H3,(H,12,16)(H,14,15). The topological polar surface area (TPSA) is 69.6 Å². The summed E-state index contributed by atoms with van der Waals surface area (Å²) < 4.78 is 0. The fourth-order valence-corrected chi connectivity index (χ4v) is 1.13. The van der Waals surface area contributed by atoms with Gasteiger partial charge in [0.2, 0.25) is 0 Å². The van der Waals surface area contributed by atoms with E-state index in [4.69, 9.17) is 5.11 Å². The van der Waals surface area contributed by atoms with E-state index in [1.807, 2.05) is 0 Å². The number of hydrogen-bond donors (Lipinski definition) is 2. The van der Waals surface area contributed by atoms with Gasteiger partial charge in [-0.05, 0) is 27.2 Å². The second-order valence-corrected chi connectivity index (χ2v) is 4.46. The molecule has 0 heterocycles. The number of aliphatic carboxylic acids is 1. The molecule has 92 valence electrons. The van der Waals surface area contributed by atoms with E-state index in [1.165, 1.54) is 4.90 Å². The first-order chi connectivity index (χ1) is 7.29. The van der Waals surface area contributed by atoms with Crippen molar-refractivity contribution < 1.29 is 14.7 Å².